The highest BCUT2D eigenvalue weighted by atomic mass is 14.4. The average Bonchev–Trinajstić information content (AvgIpc) is 2.26. The lowest BCUT2D eigenvalue weighted by Gasteiger charge is -2.43. The van der Waals surface area contributed by atoms with E-state index >= 15 is 0 Å². The summed E-state index contributed by atoms with van der Waals surface area (Å²) in [5, 5.41) is 0. The topological polar surface area (TPSA) is 0 Å². The van der Waals surface area contributed by atoms with Gasteiger partial charge in [0.25, 0.3) is 0 Å². The van der Waals surface area contributed by atoms with Gasteiger partial charge in [0.2, 0.25) is 0 Å². The molecule has 0 nitrogen and oxygen atoms in total. The minimum atomic E-state index is 0.315. The van der Waals surface area contributed by atoms with E-state index in [-0.39, 0.29) is 0 Å². The van der Waals surface area contributed by atoms with Crippen LogP contribution in [0.25, 0.3) is 5.57 Å². The molecule has 0 aliphatic heterocycles. The van der Waals surface area contributed by atoms with Crippen molar-refractivity contribution in [3.8, 4) is 0 Å². The Hall–Kier alpha value is -1.04. The fraction of sp³-hybridized carbons (Fsp3) is 0.579. The molecule has 1 aliphatic carbocycles. The van der Waals surface area contributed by atoms with E-state index in [1.165, 1.54) is 29.5 Å². The molecule has 0 heterocycles. The molecule has 0 bridgehead atoms. The van der Waals surface area contributed by atoms with Gasteiger partial charge in [0.15, 0.2) is 0 Å². The molecule has 2 rings (SSSR count). The zero-order valence-corrected chi connectivity index (χ0v) is 13.6. The molecule has 0 saturated heterocycles. The summed E-state index contributed by atoms with van der Waals surface area (Å²) >= 11 is 0. The standard InChI is InChI=1S/C19H28/c1-13-8-9-16(10-14(13)2)17-11-18(4,5)12-19(6,7)15(17)3/h8-10H,11-12H2,1-7H3. The normalized spacial score (nSPS) is 21.6. The molecular formula is C19H28. The molecule has 1 aromatic carbocycles. The first-order valence-electron chi connectivity index (χ1n) is 7.40. The monoisotopic (exact) mass is 256 g/mol. The molecule has 0 fully saturated rings. The summed E-state index contributed by atoms with van der Waals surface area (Å²) in [7, 11) is 0. The molecule has 0 aromatic heterocycles. The highest BCUT2D eigenvalue weighted by molar-refractivity contribution is 5.71. The Kier molecular flexibility index (Phi) is 3.41. The number of benzene rings is 1. The minimum Gasteiger partial charge on any atom is -0.0638 e. The highest BCUT2D eigenvalue weighted by Gasteiger charge is 2.37. The van der Waals surface area contributed by atoms with Gasteiger partial charge in [-0.2, -0.15) is 0 Å². The molecule has 0 unspecified atom stereocenters. The van der Waals surface area contributed by atoms with Crippen molar-refractivity contribution in [3.63, 3.8) is 0 Å². The fourth-order valence-corrected chi connectivity index (χ4v) is 3.66. The second-order valence-electron chi connectivity index (χ2n) is 7.80. The van der Waals surface area contributed by atoms with Crippen molar-refractivity contribution in [3.05, 3.63) is 40.5 Å². The van der Waals surface area contributed by atoms with E-state index in [0.717, 1.165) is 0 Å². The van der Waals surface area contributed by atoms with Gasteiger partial charge in [-0.1, -0.05) is 51.5 Å². The number of aryl methyl sites for hydroxylation is 2. The summed E-state index contributed by atoms with van der Waals surface area (Å²) in [5.74, 6) is 0. The summed E-state index contributed by atoms with van der Waals surface area (Å²) < 4.78 is 0. The smallest absolute Gasteiger partial charge is 0.0136 e. The van der Waals surface area contributed by atoms with Crippen molar-refractivity contribution in [2.45, 2.75) is 61.3 Å². The molecule has 0 spiro atoms. The number of allylic oxidation sites excluding steroid dienone is 2. The minimum absolute atomic E-state index is 0.315. The van der Waals surface area contributed by atoms with Gasteiger partial charge in [-0.15, -0.1) is 0 Å². The van der Waals surface area contributed by atoms with E-state index in [2.05, 4.69) is 66.7 Å². The van der Waals surface area contributed by atoms with Crippen LogP contribution in [0.2, 0.25) is 0 Å². The van der Waals surface area contributed by atoms with Crippen molar-refractivity contribution < 1.29 is 0 Å². The van der Waals surface area contributed by atoms with Crippen LogP contribution in [-0.2, 0) is 0 Å². The SMILES string of the molecule is CC1=C(c2ccc(C)c(C)c2)CC(C)(C)CC1(C)C. The van der Waals surface area contributed by atoms with Gasteiger partial charge in [0.05, 0.1) is 0 Å². The largest absolute Gasteiger partial charge is 0.0638 e. The zero-order valence-electron chi connectivity index (χ0n) is 13.6. The maximum absolute atomic E-state index is 2.40. The second-order valence-corrected chi connectivity index (χ2v) is 7.80. The Balaban J connectivity index is 2.55. The molecule has 0 saturated carbocycles. The predicted octanol–water partition coefficient (Wildman–Crippen LogP) is 5.92. The first-order valence-corrected chi connectivity index (χ1v) is 7.40. The van der Waals surface area contributed by atoms with Crippen LogP contribution in [0.1, 0.15) is 64.2 Å². The number of rotatable bonds is 1. The number of hydrogen-bond acceptors (Lipinski definition) is 0. The quantitative estimate of drug-likeness (QED) is 0.584. The van der Waals surface area contributed by atoms with E-state index in [4.69, 9.17) is 0 Å². The van der Waals surface area contributed by atoms with Gasteiger partial charge < -0.3 is 0 Å². The Morgan fingerprint density at radius 3 is 2.11 bits per heavy atom. The van der Waals surface area contributed by atoms with E-state index in [9.17, 15) is 0 Å². The van der Waals surface area contributed by atoms with Gasteiger partial charge >= 0.3 is 0 Å². The van der Waals surface area contributed by atoms with Crippen molar-refractivity contribution in [2.75, 3.05) is 0 Å². The molecule has 1 aliphatic rings. The van der Waals surface area contributed by atoms with Crippen molar-refractivity contribution in [1.29, 1.82) is 0 Å². The summed E-state index contributed by atoms with van der Waals surface area (Å²) in [6.45, 7) is 16.3. The molecule has 0 atom stereocenters. The first kappa shape index (κ1) is 14.4. The Labute approximate surface area is 118 Å². The van der Waals surface area contributed by atoms with E-state index in [1.54, 1.807) is 11.1 Å². The molecule has 104 valence electrons. The van der Waals surface area contributed by atoms with Crippen LogP contribution in [0.15, 0.2) is 23.8 Å². The third kappa shape index (κ3) is 2.78. The summed E-state index contributed by atoms with van der Waals surface area (Å²) in [5.41, 5.74) is 8.09. The molecule has 0 N–H and O–H groups in total. The summed E-state index contributed by atoms with van der Waals surface area (Å²) in [6, 6.07) is 6.93. The van der Waals surface area contributed by atoms with Crippen molar-refractivity contribution in [1.82, 2.24) is 0 Å². The van der Waals surface area contributed by atoms with Crippen molar-refractivity contribution in [2.24, 2.45) is 10.8 Å². The molecule has 0 heteroatoms. The fourth-order valence-electron chi connectivity index (χ4n) is 3.66. The molecule has 19 heavy (non-hydrogen) atoms. The lowest BCUT2D eigenvalue weighted by Crippen LogP contribution is -2.30. The van der Waals surface area contributed by atoms with Gasteiger partial charge in [0, 0.05) is 0 Å². The Morgan fingerprint density at radius 2 is 1.53 bits per heavy atom. The molecule has 0 amide bonds. The first-order chi connectivity index (χ1) is 8.62. The van der Waals surface area contributed by atoms with Gasteiger partial charge in [-0.3, -0.25) is 0 Å². The van der Waals surface area contributed by atoms with Gasteiger partial charge in [0.1, 0.15) is 0 Å². The summed E-state index contributed by atoms with van der Waals surface area (Å²) in [6.07, 6.45) is 2.48. The van der Waals surface area contributed by atoms with E-state index in [0.29, 0.717) is 10.8 Å². The van der Waals surface area contributed by atoms with Crippen LogP contribution in [0.3, 0.4) is 0 Å². The zero-order chi connectivity index (χ0) is 14.4. The molecule has 1 aromatic rings. The van der Waals surface area contributed by atoms with Crippen LogP contribution in [0.4, 0.5) is 0 Å². The van der Waals surface area contributed by atoms with Crippen LogP contribution >= 0.6 is 0 Å². The third-order valence-electron chi connectivity index (χ3n) is 4.90. The van der Waals surface area contributed by atoms with Gasteiger partial charge in [-0.05, 0) is 66.7 Å². The van der Waals surface area contributed by atoms with Crippen LogP contribution in [0, 0.1) is 24.7 Å². The Bertz CT molecular complexity index is 527. The second kappa shape index (κ2) is 4.51. The van der Waals surface area contributed by atoms with E-state index < -0.39 is 0 Å². The lowest BCUT2D eigenvalue weighted by molar-refractivity contribution is 0.215. The van der Waals surface area contributed by atoms with Crippen molar-refractivity contribution >= 4 is 5.57 Å². The third-order valence-corrected chi connectivity index (χ3v) is 4.90. The number of hydrogen-bond donors (Lipinski definition) is 0. The van der Waals surface area contributed by atoms with Crippen LogP contribution in [-0.4, -0.2) is 0 Å². The van der Waals surface area contributed by atoms with E-state index in [1.807, 2.05) is 0 Å². The van der Waals surface area contributed by atoms with Crippen LogP contribution in [0.5, 0.6) is 0 Å². The molecule has 0 radical (unpaired) electrons. The van der Waals surface area contributed by atoms with Gasteiger partial charge in [-0.25, -0.2) is 0 Å². The lowest BCUT2D eigenvalue weighted by atomic mass is 9.62. The Morgan fingerprint density at radius 1 is 0.895 bits per heavy atom. The summed E-state index contributed by atoms with van der Waals surface area (Å²) in [4.78, 5) is 0. The maximum Gasteiger partial charge on any atom is -0.0136 e. The molecular weight excluding hydrogens is 228 g/mol. The predicted molar refractivity (Wildman–Crippen MR) is 85.3 cm³/mol. The van der Waals surface area contributed by atoms with Crippen LogP contribution < -0.4 is 0 Å². The maximum atomic E-state index is 2.40. The highest BCUT2D eigenvalue weighted by Crippen LogP contribution is 2.51. The average molecular weight is 256 g/mol.